The molecule has 0 amide bonds. The molecule has 0 spiro atoms. The fraction of sp³-hybridized carbons (Fsp3) is 0.111. The van der Waals surface area contributed by atoms with Crippen LogP contribution < -0.4 is 5.73 Å². The first-order valence-corrected chi connectivity index (χ1v) is 11.3. The van der Waals surface area contributed by atoms with Crippen LogP contribution in [0, 0.1) is 0 Å². The minimum absolute atomic E-state index is 0.283. The first-order valence-electron chi connectivity index (χ1n) is 10.1. The lowest BCUT2D eigenvalue weighted by atomic mass is 9.73. The van der Waals surface area contributed by atoms with Crippen LogP contribution in [0.4, 0.5) is 0 Å². The molecule has 0 aliphatic heterocycles. The first kappa shape index (κ1) is 21.0. The number of nitrogens with two attached hydrogens (primary N) is 1. The topological polar surface area (TPSA) is 26.0 Å². The molecule has 3 heteroatoms. The van der Waals surface area contributed by atoms with Crippen molar-refractivity contribution in [3.8, 4) is 0 Å². The van der Waals surface area contributed by atoms with E-state index in [4.69, 9.17) is 5.73 Å². The Balaban J connectivity index is 1.98. The Kier molecular flexibility index (Phi) is 6.16. The highest BCUT2D eigenvalue weighted by Crippen LogP contribution is 2.52. The second-order valence-electron chi connectivity index (χ2n) is 7.68. The van der Waals surface area contributed by atoms with Gasteiger partial charge in [-0.3, -0.25) is 0 Å². The van der Waals surface area contributed by atoms with Crippen molar-refractivity contribution < 1.29 is 0 Å². The van der Waals surface area contributed by atoms with Crippen LogP contribution in [0.25, 0.3) is 0 Å². The third-order valence-electron chi connectivity index (χ3n) is 5.99. The van der Waals surface area contributed by atoms with Gasteiger partial charge in [-0.2, -0.15) is 0 Å². The summed E-state index contributed by atoms with van der Waals surface area (Å²) in [6.45, 7) is 0. The van der Waals surface area contributed by atoms with Crippen molar-refractivity contribution in [2.75, 3.05) is 0 Å². The lowest BCUT2D eigenvalue weighted by molar-refractivity contribution is 0.465. The van der Waals surface area contributed by atoms with Gasteiger partial charge in [0.15, 0.2) is 0 Å². The van der Waals surface area contributed by atoms with E-state index in [1.165, 1.54) is 22.3 Å². The molecule has 0 aliphatic rings. The van der Waals surface area contributed by atoms with E-state index in [0.29, 0.717) is 0 Å². The Labute approximate surface area is 184 Å². The molecule has 4 rings (SSSR count). The highest BCUT2D eigenvalue weighted by Gasteiger charge is 2.48. The summed E-state index contributed by atoms with van der Waals surface area (Å²) in [5.41, 5.74) is 12.0. The van der Waals surface area contributed by atoms with Crippen LogP contribution in [-0.4, -0.2) is 6.04 Å². The molecule has 2 atom stereocenters. The Hall–Kier alpha value is -2.30. The molecule has 30 heavy (non-hydrogen) atoms. The van der Waals surface area contributed by atoms with Gasteiger partial charge in [0.05, 0.1) is 10.3 Å². The standard InChI is InChI=1S/C27H27NP2/c28-25(26(29,21-13-5-1-6-14-21)22-15-7-2-8-16-22)27(30,23-17-9-3-10-18-23)24-19-11-4-12-20-24/h1-20,25H,28-30H2. The van der Waals surface area contributed by atoms with Gasteiger partial charge in [-0.1, -0.05) is 121 Å². The quantitative estimate of drug-likeness (QED) is 0.378. The number of rotatable bonds is 6. The summed E-state index contributed by atoms with van der Waals surface area (Å²) in [5, 5.41) is -0.980. The second kappa shape index (κ2) is 8.83. The Morgan fingerprint density at radius 2 is 0.633 bits per heavy atom. The van der Waals surface area contributed by atoms with E-state index in [-0.39, 0.29) is 6.04 Å². The van der Waals surface area contributed by atoms with Gasteiger partial charge in [0, 0.05) is 6.04 Å². The van der Waals surface area contributed by atoms with E-state index in [1.54, 1.807) is 0 Å². The van der Waals surface area contributed by atoms with Crippen molar-refractivity contribution in [3.63, 3.8) is 0 Å². The van der Waals surface area contributed by atoms with Gasteiger partial charge in [-0.05, 0) is 22.3 Å². The molecule has 0 saturated heterocycles. The van der Waals surface area contributed by atoms with Gasteiger partial charge in [-0.15, -0.1) is 18.5 Å². The van der Waals surface area contributed by atoms with Crippen LogP contribution in [-0.2, 0) is 10.3 Å². The van der Waals surface area contributed by atoms with Crippen LogP contribution in [0.5, 0.6) is 0 Å². The van der Waals surface area contributed by atoms with Crippen molar-refractivity contribution in [2.45, 2.75) is 16.4 Å². The third-order valence-corrected chi connectivity index (χ3v) is 8.04. The predicted octanol–water partition coefficient (Wildman–Crippen LogP) is 5.95. The minimum atomic E-state index is -0.490. The molecular formula is C27H27NP2. The van der Waals surface area contributed by atoms with Crippen molar-refractivity contribution >= 4 is 18.5 Å². The Bertz CT molecular complexity index is 899. The molecule has 2 N–H and O–H groups in total. The maximum absolute atomic E-state index is 7.32. The van der Waals surface area contributed by atoms with Gasteiger partial charge in [0.1, 0.15) is 0 Å². The highest BCUT2D eigenvalue weighted by molar-refractivity contribution is 7.20. The maximum Gasteiger partial charge on any atom is 0.0509 e. The summed E-state index contributed by atoms with van der Waals surface area (Å²) in [5.74, 6) is 0. The molecule has 4 aromatic carbocycles. The zero-order valence-corrected chi connectivity index (χ0v) is 19.2. The zero-order valence-electron chi connectivity index (χ0n) is 16.9. The van der Waals surface area contributed by atoms with Gasteiger partial charge in [0.2, 0.25) is 0 Å². The van der Waals surface area contributed by atoms with Gasteiger partial charge in [-0.25, -0.2) is 0 Å². The SMILES string of the molecule is NC(C(P)(c1ccccc1)c1ccccc1)C(P)(c1ccccc1)c1ccccc1. The molecule has 0 bridgehead atoms. The smallest absolute Gasteiger partial charge is 0.0509 e. The van der Waals surface area contributed by atoms with Crippen molar-refractivity contribution in [1.29, 1.82) is 0 Å². The first-order chi connectivity index (χ1) is 14.6. The highest BCUT2D eigenvalue weighted by atomic mass is 31.0. The molecule has 1 nitrogen and oxygen atoms in total. The molecule has 0 fully saturated rings. The minimum Gasteiger partial charge on any atom is -0.325 e. The van der Waals surface area contributed by atoms with Crippen LogP contribution >= 0.6 is 18.5 Å². The molecule has 0 radical (unpaired) electrons. The molecule has 2 unspecified atom stereocenters. The van der Waals surface area contributed by atoms with E-state index >= 15 is 0 Å². The Morgan fingerprint density at radius 1 is 0.433 bits per heavy atom. The maximum atomic E-state index is 7.32. The van der Waals surface area contributed by atoms with E-state index in [0.717, 1.165) is 0 Å². The van der Waals surface area contributed by atoms with Crippen LogP contribution in [0.1, 0.15) is 22.3 Å². The van der Waals surface area contributed by atoms with E-state index < -0.39 is 10.3 Å². The normalized spacial score (nSPS) is 12.1. The fourth-order valence-electron chi connectivity index (χ4n) is 4.27. The number of hydrogen-bond donors (Lipinski definition) is 1. The molecule has 4 aromatic rings. The van der Waals surface area contributed by atoms with Gasteiger partial charge < -0.3 is 5.73 Å². The molecule has 0 saturated carbocycles. The molecule has 0 heterocycles. The van der Waals surface area contributed by atoms with Crippen molar-refractivity contribution in [3.05, 3.63) is 144 Å². The van der Waals surface area contributed by atoms with Crippen molar-refractivity contribution in [1.82, 2.24) is 0 Å². The molecule has 0 aliphatic carbocycles. The zero-order chi connectivity index (χ0) is 21.0. The lowest BCUT2D eigenvalue weighted by Crippen LogP contribution is -2.53. The van der Waals surface area contributed by atoms with E-state index in [9.17, 15) is 0 Å². The Morgan fingerprint density at radius 3 is 0.833 bits per heavy atom. The van der Waals surface area contributed by atoms with Gasteiger partial charge >= 0.3 is 0 Å². The molecule has 150 valence electrons. The average molecular weight is 427 g/mol. The fourth-order valence-corrected chi connectivity index (χ4v) is 5.75. The van der Waals surface area contributed by atoms with E-state index in [2.05, 4.69) is 116 Å². The van der Waals surface area contributed by atoms with Crippen LogP contribution in [0.3, 0.4) is 0 Å². The lowest BCUT2D eigenvalue weighted by Gasteiger charge is -2.47. The van der Waals surface area contributed by atoms with Crippen LogP contribution in [0.2, 0.25) is 0 Å². The third kappa shape index (κ3) is 3.63. The summed E-state index contributed by atoms with van der Waals surface area (Å²) >= 11 is 0. The summed E-state index contributed by atoms with van der Waals surface area (Å²) < 4.78 is 0. The largest absolute Gasteiger partial charge is 0.325 e. The van der Waals surface area contributed by atoms with Crippen molar-refractivity contribution in [2.24, 2.45) is 5.73 Å². The average Bonchev–Trinajstić information content (AvgIpc) is 2.84. The predicted molar refractivity (Wildman–Crippen MR) is 135 cm³/mol. The summed E-state index contributed by atoms with van der Waals surface area (Å²) in [7, 11) is 6.22. The summed E-state index contributed by atoms with van der Waals surface area (Å²) in [6, 6.07) is 41.9. The van der Waals surface area contributed by atoms with Gasteiger partial charge in [0.25, 0.3) is 0 Å². The molecule has 0 aromatic heterocycles. The van der Waals surface area contributed by atoms with E-state index in [1.807, 2.05) is 24.3 Å². The summed E-state index contributed by atoms with van der Waals surface area (Å²) in [6.07, 6.45) is 0. The summed E-state index contributed by atoms with van der Waals surface area (Å²) in [4.78, 5) is 0. The monoisotopic (exact) mass is 427 g/mol. The number of benzene rings is 4. The molecular weight excluding hydrogens is 400 g/mol. The second-order valence-corrected chi connectivity index (χ2v) is 9.50. The number of hydrogen-bond acceptors (Lipinski definition) is 1. The van der Waals surface area contributed by atoms with Crippen LogP contribution in [0.15, 0.2) is 121 Å².